The number of likely N-dealkylation sites (N-methyl/N-ethyl adjacent to an activating group) is 1. The van der Waals surface area contributed by atoms with E-state index in [0.29, 0.717) is 11.8 Å². The summed E-state index contributed by atoms with van der Waals surface area (Å²) < 4.78 is 0.214. The van der Waals surface area contributed by atoms with Gasteiger partial charge in [-0.3, -0.25) is 9.28 Å². The third kappa shape index (κ3) is 2.57. The molecule has 2 aliphatic carbocycles. The highest BCUT2D eigenvalue weighted by Crippen LogP contribution is 2.46. The maximum Gasteiger partial charge on any atom is 0.301 e. The number of hydrogen-bond acceptors (Lipinski definition) is 2. The minimum Gasteiger partial charge on any atom is -0.296 e. The van der Waals surface area contributed by atoms with Crippen LogP contribution in [0.2, 0.25) is 0 Å². The van der Waals surface area contributed by atoms with Crippen molar-refractivity contribution in [2.75, 3.05) is 14.1 Å². The number of rotatable bonds is 5. The van der Waals surface area contributed by atoms with Gasteiger partial charge in [-0.1, -0.05) is 38.5 Å². The zero-order valence-corrected chi connectivity index (χ0v) is 13.1. The van der Waals surface area contributed by atoms with Gasteiger partial charge in [0.05, 0.1) is 14.1 Å². The van der Waals surface area contributed by atoms with E-state index in [1.165, 1.54) is 44.8 Å². The lowest BCUT2D eigenvalue weighted by molar-refractivity contribution is -0.860. The predicted octanol–water partition coefficient (Wildman–Crippen LogP) is 3.32. The molecule has 0 aromatic heterocycles. The van der Waals surface area contributed by atoms with Crippen LogP contribution in [-0.2, 0) is 9.59 Å². The van der Waals surface area contributed by atoms with Gasteiger partial charge in [-0.05, 0) is 25.7 Å². The van der Waals surface area contributed by atoms with Gasteiger partial charge in [-0.2, -0.15) is 0 Å². The first-order valence-electron chi connectivity index (χ1n) is 8.35. The molecule has 0 aromatic carbocycles. The summed E-state index contributed by atoms with van der Waals surface area (Å²) in [6.07, 6.45) is 14.1. The van der Waals surface area contributed by atoms with Crippen LogP contribution in [-0.4, -0.2) is 36.8 Å². The number of amides is 1. The quantitative estimate of drug-likeness (QED) is 0.572. The van der Waals surface area contributed by atoms with Gasteiger partial charge in [0.25, 0.3) is 0 Å². The fraction of sp³-hybridized carbons (Fsp3) is 0.882. The summed E-state index contributed by atoms with van der Waals surface area (Å²) in [5.41, 5.74) is -0.484. The third-order valence-corrected chi connectivity index (χ3v) is 5.97. The minimum atomic E-state index is -0.484. The van der Waals surface area contributed by atoms with E-state index in [-0.39, 0.29) is 4.48 Å². The summed E-state index contributed by atoms with van der Waals surface area (Å²) in [6.45, 7) is 0. The number of carbonyl (C=O) groups excluding carboxylic acids is 2. The van der Waals surface area contributed by atoms with E-state index in [1.807, 2.05) is 14.1 Å². The van der Waals surface area contributed by atoms with E-state index >= 15 is 0 Å². The van der Waals surface area contributed by atoms with Crippen molar-refractivity contribution < 1.29 is 14.1 Å². The molecule has 0 radical (unpaired) electrons. The van der Waals surface area contributed by atoms with Crippen LogP contribution in [0.25, 0.3) is 0 Å². The lowest BCUT2D eigenvalue weighted by atomic mass is 9.63. The second-order valence-electron chi connectivity index (χ2n) is 7.32. The van der Waals surface area contributed by atoms with Crippen molar-refractivity contribution in [1.82, 2.24) is 0 Å². The number of hydrogen-bond donors (Lipinski definition) is 0. The molecule has 2 fully saturated rings. The van der Waals surface area contributed by atoms with Gasteiger partial charge in [0, 0.05) is 11.8 Å². The maximum absolute atomic E-state index is 12.3. The van der Waals surface area contributed by atoms with Gasteiger partial charge in [0.15, 0.2) is 11.8 Å². The molecule has 0 saturated heterocycles. The van der Waals surface area contributed by atoms with Crippen LogP contribution in [0.4, 0.5) is 0 Å². The van der Waals surface area contributed by atoms with E-state index in [1.54, 1.807) is 0 Å². The molecule has 114 valence electrons. The molecule has 2 aliphatic rings. The van der Waals surface area contributed by atoms with Gasteiger partial charge < -0.3 is 0 Å². The Bertz CT molecular complexity index is 321. The summed E-state index contributed by atoms with van der Waals surface area (Å²) in [4.78, 5) is 24.0. The fourth-order valence-electron chi connectivity index (χ4n) is 4.82. The Morgan fingerprint density at radius 1 is 0.800 bits per heavy atom. The van der Waals surface area contributed by atoms with E-state index < -0.39 is 5.54 Å². The smallest absolute Gasteiger partial charge is 0.296 e. The molecule has 3 heteroatoms. The van der Waals surface area contributed by atoms with Crippen molar-refractivity contribution in [1.29, 1.82) is 0 Å². The molecule has 1 amide bonds. The van der Waals surface area contributed by atoms with Crippen LogP contribution in [0.3, 0.4) is 0 Å². The summed E-state index contributed by atoms with van der Waals surface area (Å²) in [7, 11) is 3.87. The molecule has 0 aliphatic heterocycles. The SMILES string of the molecule is C[N+](C)(C=O)C(C=O)(C1CCCCC1)C1CCCCC1. The molecule has 0 aromatic rings. The van der Waals surface area contributed by atoms with Crippen molar-refractivity contribution in [3.63, 3.8) is 0 Å². The Morgan fingerprint density at radius 2 is 1.20 bits per heavy atom. The van der Waals surface area contributed by atoms with E-state index in [0.717, 1.165) is 32.1 Å². The number of nitrogens with zero attached hydrogens (tertiary/aromatic N) is 1. The first kappa shape index (κ1) is 15.7. The minimum absolute atomic E-state index is 0.214. The average Bonchev–Trinajstić information content (AvgIpc) is 2.50. The van der Waals surface area contributed by atoms with Gasteiger partial charge in [0.1, 0.15) is 0 Å². The average molecular weight is 280 g/mol. The predicted molar refractivity (Wildman–Crippen MR) is 80.1 cm³/mol. The lowest BCUT2D eigenvalue weighted by Gasteiger charge is -2.51. The van der Waals surface area contributed by atoms with Crippen molar-refractivity contribution in [3.05, 3.63) is 0 Å². The van der Waals surface area contributed by atoms with Crippen molar-refractivity contribution in [2.24, 2.45) is 11.8 Å². The summed E-state index contributed by atoms with van der Waals surface area (Å²) in [5, 5.41) is 0. The Morgan fingerprint density at radius 3 is 1.50 bits per heavy atom. The summed E-state index contributed by atoms with van der Waals surface area (Å²) in [5.74, 6) is 0.772. The van der Waals surface area contributed by atoms with E-state index in [2.05, 4.69) is 0 Å². The van der Waals surface area contributed by atoms with Crippen LogP contribution in [0.5, 0.6) is 0 Å². The van der Waals surface area contributed by atoms with Crippen LogP contribution in [0, 0.1) is 11.8 Å². The fourth-order valence-corrected chi connectivity index (χ4v) is 4.82. The second kappa shape index (κ2) is 6.38. The zero-order chi connectivity index (χ0) is 14.6. The van der Waals surface area contributed by atoms with E-state index in [4.69, 9.17) is 0 Å². The van der Waals surface area contributed by atoms with Crippen LogP contribution >= 0.6 is 0 Å². The molecule has 2 rings (SSSR count). The van der Waals surface area contributed by atoms with Crippen molar-refractivity contribution in [3.8, 4) is 0 Å². The Balaban J connectivity index is 2.38. The van der Waals surface area contributed by atoms with Crippen LogP contribution < -0.4 is 0 Å². The summed E-state index contributed by atoms with van der Waals surface area (Å²) in [6, 6.07) is 0. The molecule has 0 bridgehead atoms. The monoisotopic (exact) mass is 280 g/mol. The highest BCUT2D eigenvalue weighted by molar-refractivity contribution is 5.66. The summed E-state index contributed by atoms with van der Waals surface area (Å²) >= 11 is 0. The molecule has 3 nitrogen and oxygen atoms in total. The van der Waals surface area contributed by atoms with Crippen molar-refractivity contribution >= 4 is 12.7 Å². The molecular formula is C17H30NO2+. The Kier molecular flexibility index (Phi) is 5.00. The highest BCUT2D eigenvalue weighted by Gasteiger charge is 2.57. The van der Waals surface area contributed by atoms with Crippen LogP contribution in [0.1, 0.15) is 64.2 Å². The first-order valence-corrected chi connectivity index (χ1v) is 8.35. The maximum atomic E-state index is 12.3. The van der Waals surface area contributed by atoms with Crippen molar-refractivity contribution in [2.45, 2.75) is 69.7 Å². The standard InChI is InChI=1S/C17H30NO2/c1-18(2,14-20)17(13-19,15-9-5-3-6-10-15)16-11-7-4-8-12-16/h13-16H,3-12H2,1-2H3/q+1. The van der Waals surface area contributed by atoms with Gasteiger partial charge in [0.2, 0.25) is 0 Å². The molecule has 0 unspecified atom stereocenters. The molecule has 20 heavy (non-hydrogen) atoms. The molecular weight excluding hydrogens is 250 g/mol. The second-order valence-corrected chi connectivity index (χ2v) is 7.32. The molecule has 0 heterocycles. The Labute approximate surface area is 123 Å². The third-order valence-electron chi connectivity index (χ3n) is 5.97. The number of quaternary nitrogens is 1. The Hall–Kier alpha value is -0.700. The van der Waals surface area contributed by atoms with E-state index in [9.17, 15) is 9.59 Å². The molecule has 0 spiro atoms. The van der Waals surface area contributed by atoms with Gasteiger partial charge in [-0.15, -0.1) is 0 Å². The first-order chi connectivity index (χ1) is 9.58. The number of carbonyl (C=O) groups is 2. The van der Waals surface area contributed by atoms with Gasteiger partial charge >= 0.3 is 6.41 Å². The molecule has 2 saturated carbocycles. The topological polar surface area (TPSA) is 34.1 Å². The zero-order valence-electron chi connectivity index (χ0n) is 13.1. The number of aldehydes is 1. The molecule has 0 N–H and O–H groups in total. The normalized spacial score (nSPS) is 23.5. The molecule has 0 atom stereocenters. The van der Waals surface area contributed by atoms with Crippen LogP contribution in [0.15, 0.2) is 0 Å². The van der Waals surface area contributed by atoms with Gasteiger partial charge in [-0.25, -0.2) is 4.79 Å². The highest BCUT2D eigenvalue weighted by atomic mass is 16.2. The lowest BCUT2D eigenvalue weighted by Crippen LogP contribution is -2.68. The largest absolute Gasteiger partial charge is 0.301 e.